The van der Waals surface area contributed by atoms with E-state index in [-0.39, 0.29) is 0 Å². The van der Waals surface area contributed by atoms with Crippen molar-refractivity contribution in [3.8, 4) is 0 Å². The molecule has 0 bridgehead atoms. The van der Waals surface area contributed by atoms with Crippen molar-refractivity contribution >= 4 is 6.21 Å². The Balaban J connectivity index is 2.17. The molecule has 0 fully saturated rings. The molecule has 0 saturated carbocycles. The first-order chi connectivity index (χ1) is 6.67. The second-order valence-corrected chi connectivity index (χ2v) is 4.73. The maximum absolute atomic E-state index is 4.63. The fraction of sp³-hybridized carbons (Fsp3) is 0.462. The smallest absolute Gasteiger partial charge is 0.0745 e. The number of nitrogens with zero attached hydrogens (tertiary/aromatic N) is 1. The van der Waals surface area contributed by atoms with Crippen molar-refractivity contribution in [2.75, 3.05) is 0 Å². The van der Waals surface area contributed by atoms with Gasteiger partial charge < -0.3 is 0 Å². The van der Waals surface area contributed by atoms with Gasteiger partial charge in [0.1, 0.15) is 0 Å². The molecule has 0 aliphatic carbocycles. The van der Waals surface area contributed by atoms with E-state index < -0.39 is 0 Å². The lowest BCUT2D eigenvalue weighted by molar-refractivity contribution is 0.411. The normalized spacial score (nSPS) is 24.9. The molecule has 0 spiro atoms. The van der Waals surface area contributed by atoms with E-state index in [2.05, 4.69) is 55.4 Å². The summed E-state index contributed by atoms with van der Waals surface area (Å²) in [7, 11) is 0. The summed E-state index contributed by atoms with van der Waals surface area (Å²) in [5.74, 6) is 0. The predicted octanol–water partition coefficient (Wildman–Crippen LogP) is 3.62. The molecule has 1 unspecified atom stereocenters. The maximum Gasteiger partial charge on any atom is 0.0745 e. The van der Waals surface area contributed by atoms with Crippen LogP contribution in [-0.2, 0) is 0 Å². The summed E-state index contributed by atoms with van der Waals surface area (Å²) >= 11 is 0. The van der Waals surface area contributed by atoms with Gasteiger partial charge in [0.15, 0.2) is 0 Å². The van der Waals surface area contributed by atoms with Gasteiger partial charge in [0, 0.05) is 6.21 Å². The number of benzene rings is 1. The fourth-order valence-electron chi connectivity index (χ4n) is 1.87. The van der Waals surface area contributed by atoms with Gasteiger partial charge in [-0.1, -0.05) is 44.2 Å². The molecule has 2 rings (SSSR count). The molecule has 1 heteroatoms. The van der Waals surface area contributed by atoms with Gasteiger partial charge in [-0.3, -0.25) is 4.99 Å². The number of hydrogen-bond donors (Lipinski definition) is 0. The Hall–Kier alpha value is -1.11. The highest BCUT2D eigenvalue weighted by atomic mass is 14.8. The predicted molar refractivity (Wildman–Crippen MR) is 60.7 cm³/mol. The van der Waals surface area contributed by atoms with Crippen LogP contribution < -0.4 is 0 Å². The van der Waals surface area contributed by atoms with E-state index in [9.17, 15) is 0 Å². The van der Waals surface area contributed by atoms with Gasteiger partial charge in [-0.05, 0) is 23.8 Å². The van der Waals surface area contributed by atoms with Gasteiger partial charge in [0.25, 0.3) is 0 Å². The van der Waals surface area contributed by atoms with E-state index in [4.69, 9.17) is 0 Å². The fourth-order valence-corrected chi connectivity index (χ4v) is 1.87. The maximum atomic E-state index is 4.63. The average molecular weight is 187 g/mol. The minimum absolute atomic E-state index is 0.297. The van der Waals surface area contributed by atoms with Gasteiger partial charge in [0.2, 0.25) is 0 Å². The zero-order valence-electron chi connectivity index (χ0n) is 8.90. The van der Waals surface area contributed by atoms with E-state index in [1.807, 2.05) is 0 Å². The Kier molecular flexibility index (Phi) is 2.40. The topological polar surface area (TPSA) is 12.4 Å². The minimum atomic E-state index is 0.297. The molecule has 1 heterocycles. The first kappa shape index (κ1) is 9.45. The largest absolute Gasteiger partial charge is 0.289 e. The van der Waals surface area contributed by atoms with Gasteiger partial charge >= 0.3 is 0 Å². The molecule has 1 aromatic carbocycles. The Morgan fingerprint density at radius 3 is 2.50 bits per heavy atom. The summed E-state index contributed by atoms with van der Waals surface area (Å²) in [5.41, 5.74) is 1.64. The Labute approximate surface area is 85.9 Å². The second kappa shape index (κ2) is 3.56. The molecule has 0 saturated heterocycles. The molecule has 1 atom stereocenters. The van der Waals surface area contributed by atoms with Crippen molar-refractivity contribution in [2.24, 2.45) is 10.4 Å². The molecule has 0 radical (unpaired) electrons. The molecular formula is C13H17N. The lowest BCUT2D eigenvalue weighted by Crippen LogP contribution is -2.19. The highest BCUT2D eigenvalue weighted by Crippen LogP contribution is 2.33. The van der Waals surface area contributed by atoms with Crippen molar-refractivity contribution in [1.82, 2.24) is 0 Å². The van der Waals surface area contributed by atoms with E-state index >= 15 is 0 Å². The minimum Gasteiger partial charge on any atom is -0.289 e. The first-order valence-electron chi connectivity index (χ1n) is 5.27. The zero-order valence-corrected chi connectivity index (χ0v) is 8.90. The molecule has 1 aromatic rings. The third-order valence-electron chi connectivity index (χ3n) is 2.85. The number of hydrogen-bond acceptors (Lipinski definition) is 1. The summed E-state index contributed by atoms with van der Waals surface area (Å²) in [4.78, 5) is 4.63. The van der Waals surface area contributed by atoms with Crippen LogP contribution in [0, 0.1) is 5.41 Å². The quantitative estimate of drug-likeness (QED) is 0.636. The number of aliphatic imine (C=N–C) groups is 1. The lowest BCUT2D eigenvalue weighted by Gasteiger charge is -2.27. The van der Waals surface area contributed by atoms with Crippen LogP contribution in [0.1, 0.15) is 38.3 Å². The summed E-state index contributed by atoms with van der Waals surface area (Å²) in [6.07, 6.45) is 4.53. The summed E-state index contributed by atoms with van der Waals surface area (Å²) in [6, 6.07) is 11.0. The van der Waals surface area contributed by atoms with E-state index in [0.29, 0.717) is 11.5 Å². The van der Waals surface area contributed by atoms with Crippen LogP contribution in [0.3, 0.4) is 0 Å². The van der Waals surface area contributed by atoms with Gasteiger partial charge in [-0.25, -0.2) is 0 Å². The SMILES string of the molecule is CC1(C)C=NC(c2ccccc2)CC1. The number of rotatable bonds is 1. The molecule has 0 amide bonds. The summed E-state index contributed by atoms with van der Waals surface area (Å²) in [5, 5.41) is 0. The lowest BCUT2D eigenvalue weighted by atomic mass is 9.83. The Morgan fingerprint density at radius 2 is 1.93 bits per heavy atom. The van der Waals surface area contributed by atoms with Crippen LogP contribution in [0.5, 0.6) is 0 Å². The summed E-state index contributed by atoms with van der Waals surface area (Å²) in [6.45, 7) is 4.50. The molecule has 0 N–H and O–H groups in total. The van der Waals surface area contributed by atoms with Gasteiger partial charge in [-0.15, -0.1) is 0 Å². The van der Waals surface area contributed by atoms with Crippen molar-refractivity contribution in [3.05, 3.63) is 35.9 Å². The van der Waals surface area contributed by atoms with E-state index in [0.717, 1.165) is 0 Å². The van der Waals surface area contributed by atoms with E-state index in [1.54, 1.807) is 0 Å². The van der Waals surface area contributed by atoms with Gasteiger partial charge in [0.05, 0.1) is 6.04 Å². The van der Waals surface area contributed by atoms with Crippen LogP contribution in [0.4, 0.5) is 0 Å². The van der Waals surface area contributed by atoms with Crippen molar-refractivity contribution < 1.29 is 0 Å². The zero-order chi connectivity index (χ0) is 10.0. The second-order valence-electron chi connectivity index (χ2n) is 4.73. The third-order valence-corrected chi connectivity index (χ3v) is 2.85. The van der Waals surface area contributed by atoms with Crippen LogP contribution in [0.15, 0.2) is 35.3 Å². The highest BCUT2D eigenvalue weighted by Gasteiger charge is 2.23. The molecule has 14 heavy (non-hydrogen) atoms. The molecule has 0 aromatic heterocycles. The van der Waals surface area contributed by atoms with Crippen molar-refractivity contribution in [3.63, 3.8) is 0 Å². The standard InChI is InChI=1S/C13H17N/c1-13(2)9-8-12(14-10-13)11-6-4-3-5-7-11/h3-7,10,12H,8-9H2,1-2H3. The molecule has 1 nitrogen and oxygen atoms in total. The molecule has 1 aliphatic rings. The average Bonchev–Trinajstić information content (AvgIpc) is 2.19. The molecule has 1 aliphatic heterocycles. The van der Waals surface area contributed by atoms with Crippen LogP contribution in [0.2, 0.25) is 0 Å². The summed E-state index contributed by atoms with van der Waals surface area (Å²) < 4.78 is 0. The van der Waals surface area contributed by atoms with Crippen LogP contribution >= 0.6 is 0 Å². The van der Waals surface area contributed by atoms with E-state index in [1.165, 1.54) is 18.4 Å². The van der Waals surface area contributed by atoms with Gasteiger partial charge in [-0.2, -0.15) is 0 Å². The Morgan fingerprint density at radius 1 is 1.21 bits per heavy atom. The van der Waals surface area contributed by atoms with Crippen LogP contribution in [0.25, 0.3) is 0 Å². The molecular weight excluding hydrogens is 170 g/mol. The Bertz CT molecular complexity index is 324. The van der Waals surface area contributed by atoms with Crippen molar-refractivity contribution in [1.29, 1.82) is 0 Å². The monoisotopic (exact) mass is 187 g/mol. The van der Waals surface area contributed by atoms with Crippen molar-refractivity contribution in [2.45, 2.75) is 32.7 Å². The molecule has 74 valence electrons. The highest BCUT2D eigenvalue weighted by molar-refractivity contribution is 5.66. The third kappa shape index (κ3) is 2.03. The first-order valence-corrected chi connectivity index (χ1v) is 5.27. The van der Waals surface area contributed by atoms with Crippen LogP contribution in [-0.4, -0.2) is 6.21 Å².